The van der Waals surface area contributed by atoms with Crippen LogP contribution in [0.15, 0.2) is 11.1 Å². The lowest BCUT2D eigenvalue weighted by Crippen LogP contribution is -2.26. The van der Waals surface area contributed by atoms with Crippen LogP contribution in [0.2, 0.25) is 0 Å². The summed E-state index contributed by atoms with van der Waals surface area (Å²) in [7, 11) is -16.6. The van der Waals surface area contributed by atoms with E-state index < -0.39 is 54.1 Å². The van der Waals surface area contributed by atoms with Gasteiger partial charge in [0.1, 0.15) is 12.3 Å². The van der Waals surface area contributed by atoms with Gasteiger partial charge in [-0.25, -0.2) is 18.7 Å². The van der Waals surface area contributed by atoms with Gasteiger partial charge in [-0.1, -0.05) is 0 Å². The van der Waals surface area contributed by atoms with Crippen molar-refractivity contribution in [3.05, 3.63) is 16.7 Å². The Balaban J connectivity index is 0.000000503. The molecule has 0 radical (unpaired) electrons. The maximum Gasteiger partial charge on any atom is 0.490 e. The van der Waals surface area contributed by atoms with Gasteiger partial charge in [0.25, 0.3) is 5.56 Å². The average Bonchev–Trinajstić information content (AvgIpc) is 3.41. The molecular formula is C16H31N6O16P3. The molecular weight excluding hydrogens is 625 g/mol. The number of rotatable bonds is 15. The lowest BCUT2D eigenvalue weighted by molar-refractivity contribution is -0.0423. The van der Waals surface area contributed by atoms with Crippen molar-refractivity contribution in [2.75, 3.05) is 51.9 Å². The molecule has 2 unspecified atom stereocenters. The molecule has 3 rings (SSSR count). The molecule has 236 valence electrons. The van der Waals surface area contributed by atoms with Crippen LogP contribution in [0, 0.1) is 0 Å². The summed E-state index contributed by atoms with van der Waals surface area (Å²) in [6.07, 6.45) is -2.36. The van der Waals surface area contributed by atoms with Gasteiger partial charge in [-0.3, -0.25) is 18.9 Å². The minimum atomic E-state index is -5.67. The van der Waals surface area contributed by atoms with Crippen molar-refractivity contribution < 1.29 is 70.8 Å². The van der Waals surface area contributed by atoms with Crippen LogP contribution < -0.4 is 17.0 Å². The number of aliphatic hydroxyl groups excluding tert-OH is 2. The van der Waals surface area contributed by atoms with Gasteiger partial charge < -0.3 is 55.5 Å². The molecule has 1 saturated heterocycles. The van der Waals surface area contributed by atoms with Crippen LogP contribution in [0.25, 0.3) is 11.2 Å². The topological polar surface area (TPSA) is 344 Å². The number of nitrogen functional groups attached to an aromatic ring is 1. The Bertz CT molecular complexity index is 1310. The number of H-pyrrole nitrogens is 1. The molecule has 2 aromatic heterocycles. The summed E-state index contributed by atoms with van der Waals surface area (Å²) in [5, 5.41) is 18.4. The van der Waals surface area contributed by atoms with Crippen molar-refractivity contribution >= 4 is 40.6 Å². The second kappa shape index (κ2) is 15.7. The molecule has 0 aliphatic carbocycles. The first-order chi connectivity index (χ1) is 19.1. The third-order valence-corrected chi connectivity index (χ3v) is 8.46. The van der Waals surface area contributed by atoms with Crippen molar-refractivity contribution in [1.82, 2.24) is 19.5 Å². The van der Waals surface area contributed by atoms with E-state index in [9.17, 15) is 28.5 Å². The van der Waals surface area contributed by atoms with Crippen LogP contribution in [0.4, 0.5) is 5.95 Å². The molecule has 0 saturated carbocycles. The largest absolute Gasteiger partial charge is 0.490 e. The quantitative estimate of drug-likeness (QED) is 0.0716. The number of ether oxygens (including phenoxy) is 3. The molecule has 1 aliphatic heterocycles. The number of hydrogen-bond donors (Lipinski definition) is 9. The smallest absolute Gasteiger partial charge is 0.394 e. The van der Waals surface area contributed by atoms with Crippen LogP contribution >= 0.6 is 23.5 Å². The SMILES string of the molecule is NCCOCCOCCO.Nc1nc2c(ncn2[C@H]2C[C@H](O)[C@@H](COP(=O)(O)OP(=O)(O)OP(=O)(O)O)O2)c(=O)[nH]1. The van der Waals surface area contributed by atoms with E-state index in [0.717, 1.165) is 0 Å². The van der Waals surface area contributed by atoms with E-state index in [1.54, 1.807) is 0 Å². The number of aliphatic hydroxyl groups is 2. The fraction of sp³-hybridized carbons (Fsp3) is 0.688. The van der Waals surface area contributed by atoms with Gasteiger partial charge in [-0.15, -0.1) is 0 Å². The third kappa shape index (κ3) is 12.2. The van der Waals surface area contributed by atoms with Gasteiger partial charge in [0.15, 0.2) is 11.2 Å². The number of phosphoric ester groups is 1. The Morgan fingerprint density at radius 3 is 2.34 bits per heavy atom. The van der Waals surface area contributed by atoms with Gasteiger partial charge in [-0.05, 0) is 0 Å². The highest BCUT2D eigenvalue weighted by Gasteiger charge is 2.43. The van der Waals surface area contributed by atoms with Crippen molar-refractivity contribution in [3.8, 4) is 0 Å². The van der Waals surface area contributed by atoms with Crippen LogP contribution in [-0.4, -0.2) is 108 Å². The molecule has 1 fully saturated rings. The highest BCUT2D eigenvalue weighted by molar-refractivity contribution is 7.66. The number of fused-ring (bicyclic) bond motifs is 1. The molecule has 22 nitrogen and oxygen atoms in total. The third-order valence-electron chi connectivity index (χ3n) is 4.65. The molecule has 41 heavy (non-hydrogen) atoms. The number of imidazole rings is 1. The summed E-state index contributed by atoms with van der Waals surface area (Å²) >= 11 is 0. The van der Waals surface area contributed by atoms with Crippen molar-refractivity contribution in [2.24, 2.45) is 5.73 Å². The highest BCUT2D eigenvalue weighted by Crippen LogP contribution is 2.66. The summed E-state index contributed by atoms with van der Waals surface area (Å²) in [6, 6.07) is 0. The lowest BCUT2D eigenvalue weighted by Gasteiger charge is -2.19. The number of phosphoric acid groups is 3. The van der Waals surface area contributed by atoms with E-state index in [2.05, 4.69) is 28.1 Å². The Hall–Kier alpha value is -1.68. The fourth-order valence-corrected chi connectivity index (χ4v) is 6.16. The number of nitrogens with two attached hydrogens (primary N) is 2. The zero-order valence-corrected chi connectivity index (χ0v) is 23.8. The van der Waals surface area contributed by atoms with E-state index in [-0.39, 0.29) is 30.1 Å². The van der Waals surface area contributed by atoms with Gasteiger partial charge in [0.2, 0.25) is 5.95 Å². The van der Waals surface area contributed by atoms with Crippen molar-refractivity contribution in [3.63, 3.8) is 0 Å². The minimum Gasteiger partial charge on any atom is -0.394 e. The maximum atomic E-state index is 11.8. The number of hydrogen-bond acceptors (Lipinski definition) is 16. The molecule has 2 aromatic rings. The van der Waals surface area contributed by atoms with Gasteiger partial charge in [0, 0.05) is 13.0 Å². The van der Waals surface area contributed by atoms with Crippen molar-refractivity contribution in [1.29, 1.82) is 0 Å². The number of aromatic amines is 1. The highest BCUT2D eigenvalue weighted by atomic mass is 31.3. The van der Waals surface area contributed by atoms with Gasteiger partial charge >= 0.3 is 23.5 Å². The molecule has 1 aliphatic rings. The number of nitrogens with zero attached hydrogens (tertiary/aromatic N) is 3. The van der Waals surface area contributed by atoms with Crippen LogP contribution in [-0.2, 0) is 41.1 Å². The van der Waals surface area contributed by atoms with E-state index in [1.165, 1.54) is 10.9 Å². The van der Waals surface area contributed by atoms with Gasteiger partial charge in [-0.2, -0.15) is 13.6 Å². The summed E-state index contributed by atoms with van der Waals surface area (Å²) in [6.45, 7) is 1.80. The zero-order valence-electron chi connectivity index (χ0n) is 21.1. The number of anilines is 1. The summed E-state index contributed by atoms with van der Waals surface area (Å²) in [5.41, 5.74) is 10.0. The average molecular weight is 656 g/mol. The second-order valence-electron chi connectivity index (χ2n) is 7.83. The molecule has 3 heterocycles. The molecule has 5 atom stereocenters. The van der Waals surface area contributed by atoms with E-state index >= 15 is 0 Å². The van der Waals surface area contributed by atoms with Crippen LogP contribution in [0.5, 0.6) is 0 Å². The molecule has 0 amide bonds. The monoisotopic (exact) mass is 656 g/mol. The fourth-order valence-electron chi connectivity index (χ4n) is 3.13. The molecule has 0 bridgehead atoms. The maximum absolute atomic E-state index is 11.8. The first kappa shape index (κ1) is 35.5. The normalized spacial score (nSPS) is 22.2. The predicted molar refractivity (Wildman–Crippen MR) is 135 cm³/mol. The number of aromatic nitrogens is 4. The first-order valence-electron chi connectivity index (χ1n) is 11.4. The van der Waals surface area contributed by atoms with Crippen LogP contribution in [0.3, 0.4) is 0 Å². The van der Waals surface area contributed by atoms with Crippen LogP contribution in [0.1, 0.15) is 12.6 Å². The van der Waals surface area contributed by atoms with E-state index in [0.29, 0.717) is 33.0 Å². The first-order valence-corrected chi connectivity index (χ1v) is 15.9. The molecule has 25 heteroatoms. The Kier molecular flexibility index (Phi) is 13.6. The Morgan fingerprint density at radius 1 is 1.07 bits per heavy atom. The van der Waals surface area contributed by atoms with Crippen molar-refractivity contribution in [2.45, 2.75) is 24.9 Å². The summed E-state index contributed by atoms with van der Waals surface area (Å²) in [5.74, 6) is -0.193. The minimum absolute atomic E-state index is 0.0481. The molecule has 11 N–H and O–H groups in total. The summed E-state index contributed by atoms with van der Waals surface area (Å²) in [4.78, 5) is 57.5. The second-order valence-corrected chi connectivity index (χ2v) is 12.3. The Labute approximate surface area is 230 Å². The Morgan fingerprint density at radius 2 is 1.73 bits per heavy atom. The van der Waals surface area contributed by atoms with Gasteiger partial charge in [0.05, 0.1) is 52.1 Å². The zero-order chi connectivity index (χ0) is 30.8. The van der Waals surface area contributed by atoms with E-state index in [1.807, 2.05) is 0 Å². The van der Waals surface area contributed by atoms with E-state index in [4.69, 9.17) is 45.5 Å². The number of nitrogens with one attached hydrogen (secondary N) is 1. The molecule has 0 spiro atoms. The standard InChI is InChI=1S/C10H16N5O13P3.C6H15NO3/c11-10-13-8-7(9(17)14-10)12-3-15(8)6-1-4(16)5(26-6)2-25-30(21,22)28-31(23,24)27-29(18,19)20;7-1-3-9-5-6-10-4-2-8/h3-6,16H,1-2H2,(H,21,22)(H,23,24)(H2,18,19,20)(H3,11,13,14,17);8H,1-7H2/t4-,5+,6+;/m0./s1. The predicted octanol–water partition coefficient (Wildman–Crippen LogP) is -2.34. The molecule has 0 aromatic carbocycles. The lowest BCUT2D eigenvalue weighted by atomic mass is 10.2. The summed E-state index contributed by atoms with van der Waals surface area (Å²) < 4.78 is 62.0.